The first-order valence-corrected chi connectivity index (χ1v) is 9.00. The van der Waals surface area contributed by atoms with E-state index in [0.717, 1.165) is 50.1 Å². The lowest BCUT2D eigenvalue weighted by molar-refractivity contribution is -0.116. The van der Waals surface area contributed by atoms with Gasteiger partial charge in [0.15, 0.2) is 5.65 Å². The summed E-state index contributed by atoms with van der Waals surface area (Å²) in [7, 11) is 0. The first kappa shape index (κ1) is 15.8. The van der Waals surface area contributed by atoms with Crippen LogP contribution in [0.5, 0.6) is 0 Å². The van der Waals surface area contributed by atoms with Gasteiger partial charge in [-0.25, -0.2) is 9.97 Å². The number of pyridine rings is 1. The highest BCUT2D eigenvalue weighted by molar-refractivity contribution is 6.29. The molecule has 6 nitrogen and oxygen atoms in total. The minimum atomic E-state index is 0.00359. The highest BCUT2D eigenvalue weighted by atomic mass is 35.5. The number of hydrogen-bond donors (Lipinski definition) is 1. The molecule has 2 aromatic rings. The van der Waals surface area contributed by atoms with Crippen LogP contribution in [0.2, 0.25) is 5.15 Å². The third-order valence-electron chi connectivity index (χ3n) is 5.00. The van der Waals surface area contributed by atoms with Gasteiger partial charge in [-0.05, 0) is 50.2 Å². The summed E-state index contributed by atoms with van der Waals surface area (Å²) in [4.78, 5) is 21.3. The molecular formula is C17H21ClN4O2. The predicted molar refractivity (Wildman–Crippen MR) is 92.2 cm³/mol. The Hall–Kier alpha value is -1.66. The molecule has 1 saturated heterocycles. The van der Waals surface area contributed by atoms with Crippen LogP contribution in [0.3, 0.4) is 0 Å². The highest BCUT2D eigenvalue weighted by Gasteiger charge is 2.26. The van der Waals surface area contributed by atoms with E-state index >= 15 is 0 Å². The Labute approximate surface area is 145 Å². The zero-order valence-corrected chi connectivity index (χ0v) is 14.3. The smallest absolute Gasteiger partial charge is 0.226 e. The van der Waals surface area contributed by atoms with Crippen molar-refractivity contribution in [3.05, 3.63) is 17.3 Å². The van der Waals surface area contributed by atoms with Crippen LogP contribution >= 0.6 is 11.6 Å². The minimum absolute atomic E-state index is 0.00359. The van der Waals surface area contributed by atoms with Crippen molar-refractivity contribution in [3.63, 3.8) is 0 Å². The second kappa shape index (κ2) is 6.69. The molecule has 128 valence electrons. The van der Waals surface area contributed by atoms with Gasteiger partial charge in [-0.2, -0.15) is 0 Å². The summed E-state index contributed by atoms with van der Waals surface area (Å²) >= 11 is 6.04. The molecule has 1 unspecified atom stereocenters. The van der Waals surface area contributed by atoms with Crippen LogP contribution in [0.4, 0.5) is 5.95 Å². The standard InChI is InChI=1S/C17H21ClN4O2/c18-14-6-5-13-16(20-14)22(12-2-1-3-12)17(19-13)21-15(23)7-4-11-8-9-24-10-11/h5-6,11-12H,1-4,7-10H2,(H,19,21,23). The third-order valence-corrected chi connectivity index (χ3v) is 5.21. The molecule has 1 aliphatic carbocycles. The maximum absolute atomic E-state index is 12.3. The summed E-state index contributed by atoms with van der Waals surface area (Å²) in [6.45, 7) is 1.59. The molecule has 0 bridgehead atoms. The lowest BCUT2D eigenvalue weighted by Gasteiger charge is -2.28. The van der Waals surface area contributed by atoms with E-state index in [9.17, 15) is 4.79 Å². The summed E-state index contributed by atoms with van der Waals surface area (Å²) < 4.78 is 7.41. The second-order valence-corrected chi connectivity index (χ2v) is 7.07. The topological polar surface area (TPSA) is 69.0 Å². The average Bonchev–Trinajstić information content (AvgIpc) is 3.13. The monoisotopic (exact) mass is 348 g/mol. The van der Waals surface area contributed by atoms with Crippen LogP contribution in [-0.2, 0) is 9.53 Å². The van der Waals surface area contributed by atoms with Crippen LogP contribution in [-0.4, -0.2) is 33.7 Å². The van der Waals surface area contributed by atoms with E-state index in [1.165, 1.54) is 6.42 Å². The number of anilines is 1. The highest BCUT2D eigenvalue weighted by Crippen LogP contribution is 2.37. The first-order valence-electron chi connectivity index (χ1n) is 8.63. The van der Waals surface area contributed by atoms with Gasteiger partial charge < -0.3 is 4.74 Å². The molecule has 1 atom stereocenters. The molecule has 2 aliphatic rings. The SMILES string of the molecule is O=C(CCC1CCOC1)Nc1nc2ccc(Cl)nc2n1C1CCC1. The van der Waals surface area contributed by atoms with Crippen LogP contribution in [0.15, 0.2) is 12.1 Å². The van der Waals surface area contributed by atoms with Crippen molar-refractivity contribution in [3.8, 4) is 0 Å². The number of carbonyl (C=O) groups is 1. The fourth-order valence-electron chi connectivity index (χ4n) is 3.36. The molecule has 4 rings (SSSR count). The fraction of sp³-hybridized carbons (Fsp3) is 0.588. The molecule has 0 radical (unpaired) electrons. The summed E-state index contributed by atoms with van der Waals surface area (Å²) in [6, 6.07) is 3.93. The minimum Gasteiger partial charge on any atom is -0.381 e. The fourth-order valence-corrected chi connectivity index (χ4v) is 3.51. The van der Waals surface area contributed by atoms with Gasteiger partial charge in [0, 0.05) is 25.7 Å². The number of fused-ring (bicyclic) bond motifs is 1. The van der Waals surface area contributed by atoms with Gasteiger partial charge in [0.05, 0.1) is 0 Å². The van der Waals surface area contributed by atoms with Gasteiger partial charge >= 0.3 is 0 Å². The number of carbonyl (C=O) groups excluding carboxylic acids is 1. The molecule has 0 spiro atoms. The van der Waals surface area contributed by atoms with Gasteiger partial charge in [-0.1, -0.05) is 11.6 Å². The zero-order valence-electron chi connectivity index (χ0n) is 13.5. The molecule has 2 fully saturated rings. The number of rotatable bonds is 5. The lowest BCUT2D eigenvalue weighted by atomic mass is 9.93. The van der Waals surface area contributed by atoms with E-state index in [1.54, 1.807) is 6.07 Å². The molecular weight excluding hydrogens is 328 g/mol. The van der Waals surface area contributed by atoms with Gasteiger partial charge in [0.1, 0.15) is 10.7 Å². The number of aromatic nitrogens is 3. The van der Waals surface area contributed by atoms with Gasteiger partial charge in [0.25, 0.3) is 0 Å². The van der Waals surface area contributed by atoms with Crippen LogP contribution in [0.25, 0.3) is 11.2 Å². The molecule has 1 amide bonds. The largest absolute Gasteiger partial charge is 0.381 e. The molecule has 7 heteroatoms. The average molecular weight is 349 g/mol. The van der Waals surface area contributed by atoms with E-state index in [-0.39, 0.29) is 5.91 Å². The lowest BCUT2D eigenvalue weighted by Crippen LogP contribution is -2.22. The number of halogens is 1. The molecule has 1 N–H and O–H groups in total. The summed E-state index contributed by atoms with van der Waals surface area (Å²) in [6.07, 6.45) is 5.77. The zero-order chi connectivity index (χ0) is 16.5. The van der Waals surface area contributed by atoms with E-state index in [4.69, 9.17) is 16.3 Å². The van der Waals surface area contributed by atoms with Gasteiger partial charge in [-0.15, -0.1) is 0 Å². The Morgan fingerprint density at radius 1 is 1.33 bits per heavy atom. The number of amides is 1. The van der Waals surface area contributed by atoms with E-state index < -0.39 is 0 Å². The van der Waals surface area contributed by atoms with Crippen molar-refractivity contribution >= 4 is 34.6 Å². The summed E-state index contributed by atoms with van der Waals surface area (Å²) in [5.41, 5.74) is 1.53. The van der Waals surface area contributed by atoms with E-state index in [0.29, 0.717) is 29.5 Å². The Balaban J connectivity index is 1.53. The Morgan fingerprint density at radius 2 is 2.21 bits per heavy atom. The maximum Gasteiger partial charge on any atom is 0.226 e. The molecule has 2 aromatic heterocycles. The van der Waals surface area contributed by atoms with E-state index in [1.807, 2.05) is 10.6 Å². The van der Waals surface area contributed by atoms with Crippen LogP contribution in [0.1, 0.15) is 44.6 Å². The predicted octanol–water partition coefficient (Wildman–Crippen LogP) is 3.56. The normalized spacial score (nSPS) is 21.1. The number of nitrogens with zero attached hydrogens (tertiary/aromatic N) is 3. The van der Waals surface area contributed by atoms with Crippen molar-refractivity contribution in [2.45, 2.75) is 44.6 Å². The third kappa shape index (κ3) is 3.13. The Bertz CT molecular complexity index is 750. The van der Waals surface area contributed by atoms with Crippen LogP contribution in [0, 0.1) is 5.92 Å². The molecule has 0 aromatic carbocycles. The number of hydrogen-bond acceptors (Lipinski definition) is 4. The van der Waals surface area contributed by atoms with Crippen molar-refractivity contribution in [2.75, 3.05) is 18.5 Å². The molecule has 1 aliphatic heterocycles. The van der Waals surface area contributed by atoms with Crippen LogP contribution < -0.4 is 5.32 Å². The molecule has 1 saturated carbocycles. The van der Waals surface area contributed by atoms with Crippen molar-refractivity contribution in [2.24, 2.45) is 5.92 Å². The molecule has 24 heavy (non-hydrogen) atoms. The summed E-state index contributed by atoms with van der Waals surface area (Å²) in [5, 5.41) is 3.43. The van der Waals surface area contributed by atoms with Crippen molar-refractivity contribution in [1.82, 2.24) is 14.5 Å². The second-order valence-electron chi connectivity index (χ2n) is 6.68. The summed E-state index contributed by atoms with van der Waals surface area (Å²) in [5.74, 6) is 1.10. The quantitative estimate of drug-likeness (QED) is 0.839. The van der Waals surface area contributed by atoms with Gasteiger partial charge in [0.2, 0.25) is 11.9 Å². The van der Waals surface area contributed by atoms with Gasteiger partial charge in [-0.3, -0.25) is 14.7 Å². The number of nitrogens with one attached hydrogen (secondary N) is 1. The number of ether oxygens (including phenoxy) is 1. The van der Waals surface area contributed by atoms with E-state index in [2.05, 4.69) is 15.3 Å². The first-order chi connectivity index (χ1) is 11.7. The molecule has 3 heterocycles. The number of imidazole rings is 1. The Morgan fingerprint density at radius 3 is 2.92 bits per heavy atom. The maximum atomic E-state index is 12.3. The van der Waals surface area contributed by atoms with Crippen molar-refractivity contribution < 1.29 is 9.53 Å². The van der Waals surface area contributed by atoms with Crippen molar-refractivity contribution in [1.29, 1.82) is 0 Å². The Kier molecular flexibility index (Phi) is 4.41.